The van der Waals surface area contributed by atoms with Gasteiger partial charge in [-0.15, -0.1) is 11.3 Å². The van der Waals surface area contributed by atoms with E-state index in [4.69, 9.17) is 23.2 Å². The number of amides is 1. The van der Waals surface area contributed by atoms with E-state index in [9.17, 15) is 9.59 Å². The predicted octanol–water partition coefficient (Wildman–Crippen LogP) is 3.64. The number of nitrogens with zero attached hydrogens (tertiary/aromatic N) is 2. The van der Waals surface area contributed by atoms with Crippen LogP contribution >= 0.6 is 34.5 Å². The van der Waals surface area contributed by atoms with Gasteiger partial charge < -0.3 is 5.32 Å². The average Bonchev–Trinajstić information content (AvgIpc) is 2.99. The summed E-state index contributed by atoms with van der Waals surface area (Å²) in [5, 5.41) is 6.15. The molecule has 0 aliphatic rings. The molecule has 0 radical (unpaired) electrons. The van der Waals surface area contributed by atoms with Gasteiger partial charge in [-0.2, -0.15) is 0 Å². The van der Waals surface area contributed by atoms with Crippen LogP contribution in [0.15, 0.2) is 40.8 Å². The third kappa shape index (κ3) is 3.45. The fourth-order valence-corrected chi connectivity index (χ4v) is 3.67. The average molecular weight is 382 g/mol. The van der Waals surface area contributed by atoms with Crippen LogP contribution in [0.1, 0.15) is 18.5 Å². The van der Waals surface area contributed by atoms with E-state index in [1.807, 2.05) is 6.92 Å². The number of aromatic nitrogens is 2. The highest BCUT2D eigenvalue weighted by atomic mass is 35.5. The molecule has 1 N–H and O–H groups in total. The molecule has 3 rings (SSSR count). The molecule has 2 heterocycles. The number of thiophene rings is 1. The number of carbonyl (C=O) groups excluding carboxylic acids is 1. The number of hydrogen-bond donors (Lipinski definition) is 1. The van der Waals surface area contributed by atoms with Gasteiger partial charge in [0.15, 0.2) is 0 Å². The third-order valence-electron chi connectivity index (χ3n) is 3.57. The van der Waals surface area contributed by atoms with E-state index < -0.39 is 0 Å². The van der Waals surface area contributed by atoms with Gasteiger partial charge in [0.05, 0.1) is 17.8 Å². The van der Waals surface area contributed by atoms with Crippen LogP contribution in [0.5, 0.6) is 0 Å². The highest BCUT2D eigenvalue weighted by Gasteiger charge is 2.14. The zero-order valence-electron chi connectivity index (χ0n) is 12.6. The number of fused-ring (bicyclic) bond motifs is 1. The van der Waals surface area contributed by atoms with Gasteiger partial charge >= 0.3 is 0 Å². The lowest BCUT2D eigenvalue weighted by molar-refractivity contribution is -0.122. The number of benzene rings is 1. The first-order chi connectivity index (χ1) is 11.5. The Kier molecular flexibility index (Phi) is 4.89. The Labute approximate surface area is 151 Å². The van der Waals surface area contributed by atoms with Crippen molar-refractivity contribution in [2.45, 2.75) is 19.5 Å². The van der Waals surface area contributed by atoms with Crippen molar-refractivity contribution in [3.8, 4) is 0 Å². The summed E-state index contributed by atoms with van der Waals surface area (Å²) in [7, 11) is 0. The standard InChI is InChI=1S/C16H13Cl2N3O2S/c1-9(11-3-2-10(17)6-13(11)18)20-14(22)7-21-8-19-15-12(16(21)23)4-5-24-15/h2-6,8-9H,7H2,1H3,(H,20,22)/t9-/m1/s1. The Morgan fingerprint density at radius 1 is 1.38 bits per heavy atom. The first kappa shape index (κ1) is 17.0. The largest absolute Gasteiger partial charge is 0.348 e. The third-order valence-corrected chi connectivity index (χ3v) is 4.95. The molecule has 2 aromatic heterocycles. The van der Waals surface area contributed by atoms with Crippen LogP contribution in [-0.2, 0) is 11.3 Å². The van der Waals surface area contributed by atoms with Gasteiger partial charge in [-0.3, -0.25) is 14.2 Å². The van der Waals surface area contributed by atoms with Crippen LogP contribution in [0.4, 0.5) is 0 Å². The number of hydrogen-bond acceptors (Lipinski definition) is 4. The van der Waals surface area contributed by atoms with Crippen molar-refractivity contribution in [1.82, 2.24) is 14.9 Å². The molecule has 0 unspecified atom stereocenters. The minimum atomic E-state index is -0.309. The maximum atomic E-state index is 12.3. The van der Waals surface area contributed by atoms with Gasteiger partial charge in [0.1, 0.15) is 11.4 Å². The number of rotatable bonds is 4. The summed E-state index contributed by atoms with van der Waals surface area (Å²) in [6, 6.07) is 6.50. The monoisotopic (exact) mass is 381 g/mol. The fourth-order valence-electron chi connectivity index (χ4n) is 2.38. The minimum absolute atomic E-state index is 0.104. The van der Waals surface area contributed by atoms with E-state index in [0.29, 0.717) is 20.3 Å². The normalized spacial score (nSPS) is 12.3. The second-order valence-electron chi connectivity index (χ2n) is 5.27. The van der Waals surface area contributed by atoms with Crippen LogP contribution in [-0.4, -0.2) is 15.5 Å². The van der Waals surface area contributed by atoms with Crippen molar-refractivity contribution in [3.63, 3.8) is 0 Å². The second kappa shape index (κ2) is 6.93. The van der Waals surface area contributed by atoms with E-state index in [1.54, 1.807) is 29.6 Å². The van der Waals surface area contributed by atoms with E-state index in [0.717, 1.165) is 5.56 Å². The van der Waals surface area contributed by atoms with Gasteiger partial charge in [-0.05, 0) is 36.1 Å². The molecule has 0 fully saturated rings. The molecule has 0 bridgehead atoms. The summed E-state index contributed by atoms with van der Waals surface area (Å²) in [5.74, 6) is -0.299. The lowest BCUT2D eigenvalue weighted by atomic mass is 10.1. The van der Waals surface area contributed by atoms with E-state index in [2.05, 4.69) is 10.3 Å². The summed E-state index contributed by atoms with van der Waals surface area (Å²) >= 11 is 13.4. The Balaban J connectivity index is 1.74. The van der Waals surface area contributed by atoms with Crippen molar-refractivity contribution >= 4 is 50.7 Å². The van der Waals surface area contributed by atoms with Gasteiger partial charge in [0.25, 0.3) is 5.56 Å². The Hall–Kier alpha value is -1.89. The van der Waals surface area contributed by atoms with Crippen molar-refractivity contribution in [1.29, 1.82) is 0 Å². The lowest BCUT2D eigenvalue weighted by Gasteiger charge is -2.16. The first-order valence-corrected chi connectivity index (χ1v) is 8.76. The van der Waals surface area contributed by atoms with Crippen LogP contribution in [0, 0.1) is 0 Å². The SMILES string of the molecule is C[C@@H](NC(=O)Cn1cnc2sccc2c1=O)c1ccc(Cl)cc1Cl. The topological polar surface area (TPSA) is 64.0 Å². The van der Waals surface area contributed by atoms with Gasteiger partial charge in [0, 0.05) is 10.0 Å². The molecule has 5 nitrogen and oxygen atoms in total. The zero-order valence-corrected chi connectivity index (χ0v) is 15.0. The molecule has 0 aliphatic heterocycles. The van der Waals surface area contributed by atoms with Crippen molar-refractivity contribution in [2.24, 2.45) is 0 Å². The number of halogens is 2. The maximum absolute atomic E-state index is 12.3. The molecular weight excluding hydrogens is 369 g/mol. The lowest BCUT2D eigenvalue weighted by Crippen LogP contribution is -2.33. The first-order valence-electron chi connectivity index (χ1n) is 7.12. The molecule has 8 heteroatoms. The Bertz CT molecular complexity index is 967. The summed E-state index contributed by atoms with van der Waals surface area (Å²) < 4.78 is 1.29. The van der Waals surface area contributed by atoms with E-state index in [1.165, 1.54) is 22.2 Å². The molecule has 1 atom stereocenters. The quantitative estimate of drug-likeness (QED) is 0.749. The molecule has 3 aromatic rings. The fraction of sp³-hybridized carbons (Fsp3) is 0.188. The number of nitrogens with one attached hydrogen (secondary N) is 1. The Morgan fingerprint density at radius 2 is 2.17 bits per heavy atom. The molecular formula is C16H13Cl2N3O2S. The molecule has 0 saturated heterocycles. The van der Waals surface area contributed by atoms with Crippen LogP contribution in [0.25, 0.3) is 10.2 Å². The second-order valence-corrected chi connectivity index (χ2v) is 7.01. The molecule has 1 amide bonds. The highest BCUT2D eigenvalue weighted by Crippen LogP contribution is 2.26. The van der Waals surface area contributed by atoms with E-state index >= 15 is 0 Å². The van der Waals surface area contributed by atoms with Gasteiger partial charge in [0.2, 0.25) is 5.91 Å². The van der Waals surface area contributed by atoms with Crippen LogP contribution in [0.3, 0.4) is 0 Å². The van der Waals surface area contributed by atoms with Crippen molar-refractivity contribution < 1.29 is 4.79 Å². The van der Waals surface area contributed by atoms with Gasteiger partial charge in [-0.1, -0.05) is 29.3 Å². The van der Waals surface area contributed by atoms with E-state index in [-0.39, 0.29) is 24.1 Å². The summed E-state index contributed by atoms with van der Waals surface area (Å²) in [5.41, 5.74) is 0.529. The van der Waals surface area contributed by atoms with Crippen LogP contribution in [0.2, 0.25) is 10.0 Å². The molecule has 1 aromatic carbocycles. The Morgan fingerprint density at radius 3 is 2.92 bits per heavy atom. The minimum Gasteiger partial charge on any atom is -0.348 e. The summed E-state index contributed by atoms with van der Waals surface area (Å²) in [6.07, 6.45) is 1.39. The van der Waals surface area contributed by atoms with Gasteiger partial charge in [-0.25, -0.2) is 4.98 Å². The predicted molar refractivity (Wildman–Crippen MR) is 96.9 cm³/mol. The highest BCUT2D eigenvalue weighted by molar-refractivity contribution is 7.16. The zero-order chi connectivity index (χ0) is 17.3. The molecule has 124 valence electrons. The van der Waals surface area contributed by atoms with Crippen LogP contribution < -0.4 is 10.9 Å². The smallest absolute Gasteiger partial charge is 0.262 e. The maximum Gasteiger partial charge on any atom is 0.262 e. The number of carbonyl (C=O) groups is 1. The van der Waals surface area contributed by atoms with Crippen molar-refractivity contribution in [3.05, 3.63) is 61.9 Å². The van der Waals surface area contributed by atoms with Crippen molar-refractivity contribution in [2.75, 3.05) is 0 Å². The summed E-state index contributed by atoms with van der Waals surface area (Å²) in [6.45, 7) is 1.71. The molecule has 0 saturated carbocycles. The molecule has 0 aliphatic carbocycles. The molecule has 24 heavy (non-hydrogen) atoms. The molecule has 0 spiro atoms. The summed E-state index contributed by atoms with van der Waals surface area (Å²) in [4.78, 5) is 29.4.